The predicted molar refractivity (Wildman–Crippen MR) is 109 cm³/mol. The average Bonchev–Trinajstić information content (AvgIpc) is 2.70. The van der Waals surface area contributed by atoms with Crippen LogP contribution in [0.5, 0.6) is 0 Å². The molecular formula is C21H24N2O3S. The molecule has 0 radical (unpaired) electrons. The highest BCUT2D eigenvalue weighted by molar-refractivity contribution is 7.80. The Morgan fingerprint density at radius 2 is 1.52 bits per heavy atom. The lowest BCUT2D eigenvalue weighted by Crippen LogP contribution is -2.38. The molecule has 2 N–H and O–H groups in total. The van der Waals surface area contributed by atoms with Crippen LogP contribution in [-0.2, 0) is 27.3 Å². The minimum Gasteiger partial charge on any atom is -0.466 e. The van der Waals surface area contributed by atoms with Crippen molar-refractivity contribution in [3.63, 3.8) is 0 Å². The Kier molecular flexibility index (Phi) is 9.00. The van der Waals surface area contributed by atoms with Crippen molar-refractivity contribution in [3.05, 3.63) is 71.8 Å². The van der Waals surface area contributed by atoms with E-state index in [1.165, 1.54) is 5.56 Å². The van der Waals surface area contributed by atoms with E-state index < -0.39 is 0 Å². The van der Waals surface area contributed by atoms with Crippen molar-refractivity contribution >= 4 is 29.2 Å². The first-order valence-electron chi connectivity index (χ1n) is 8.94. The minimum absolute atomic E-state index is 0.0401. The van der Waals surface area contributed by atoms with Gasteiger partial charge in [0.15, 0.2) is 5.11 Å². The number of benzene rings is 2. The Labute approximate surface area is 165 Å². The molecule has 142 valence electrons. The van der Waals surface area contributed by atoms with Crippen LogP contribution in [-0.4, -0.2) is 23.6 Å². The molecule has 0 saturated heterocycles. The molecule has 2 rings (SSSR count). The highest BCUT2D eigenvalue weighted by atomic mass is 32.1. The fraction of sp³-hybridized carbons (Fsp3) is 0.286. The fourth-order valence-electron chi connectivity index (χ4n) is 2.41. The van der Waals surface area contributed by atoms with Crippen molar-refractivity contribution in [2.45, 2.75) is 32.2 Å². The number of aryl methyl sites for hydroxylation is 1. The van der Waals surface area contributed by atoms with Gasteiger partial charge in [0.1, 0.15) is 0 Å². The number of amides is 1. The maximum absolute atomic E-state index is 11.8. The molecule has 27 heavy (non-hydrogen) atoms. The average molecular weight is 385 g/mol. The third-order valence-electron chi connectivity index (χ3n) is 3.82. The van der Waals surface area contributed by atoms with Gasteiger partial charge < -0.3 is 15.4 Å². The van der Waals surface area contributed by atoms with Crippen LogP contribution in [0.2, 0.25) is 0 Å². The molecule has 0 heterocycles. The van der Waals surface area contributed by atoms with E-state index in [2.05, 4.69) is 10.6 Å². The van der Waals surface area contributed by atoms with Gasteiger partial charge in [-0.3, -0.25) is 9.59 Å². The Morgan fingerprint density at radius 1 is 0.889 bits per heavy atom. The topological polar surface area (TPSA) is 67.4 Å². The highest BCUT2D eigenvalue weighted by Crippen LogP contribution is 2.03. The molecule has 0 aromatic heterocycles. The quantitative estimate of drug-likeness (QED) is 0.395. The van der Waals surface area contributed by atoms with E-state index in [4.69, 9.17) is 17.0 Å². The number of hydrogen-bond donors (Lipinski definition) is 2. The van der Waals surface area contributed by atoms with E-state index in [9.17, 15) is 9.59 Å². The Balaban J connectivity index is 1.53. The summed E-state index contributed by atoms with van der Waals surface area (Å²) in [5, 5.41) is 5.78. The van der Waals surface area contributed by atoms with Crippen molar-refractivity contribution in [1.82, 2.24) is 10.6 Å². The minimum atomic E-state index is -0.374. The summed E-state index contributed by atoms with van der Waals surface area (Å²) < 4.78 is 5.16. The SMILES string of the molecule is O=C(CCC(=O)OCCCc1ccccc1)NC(=S)NCc1ccccc1. The molecule has 6 heteroatoms. The zero-order chi connectivity index (χ0) is 19.3. The van der Waals surface area contributed by atoms with Crippen molar-refractivity contribution in [2.75, 3.05) is 6.61 Å². The second kappa shape index (κ2) is 11.8. The Morgan fingerprint density at radius 3 is 2.19 bits per heavy atom. The molecular weight excluding hydrogens is 360 g/mol. The molecule has 0 fully saturated rings. The molecule has 0 aliphatic rings. The van der Waals surface area contributed by atoms with E-state index in [1.54, 1.807) is 0 Å². The molecule has 0 aliphatic heterocycles. The highest BCUT2D eigenvalue weighted by Gasteiger charge is 2.09. The molecule has 0 aliphatic carbocycles. The number of ether oxygens (including phenoxy) is 1. The second-order valence-corrected chi connectivity index (χ2v) is 6.43. The number of rotatable bonds is 9. The Hall–Kier alpha value is -2.73. The molecule has 0 unspecified atom stereocenters. The predicted octanol–water partition coefficient (Wildman–Crippen LogP) is 3.13. The smallest absolute Gasteiger partial charge is 0.306 e. The maximum Gasteiger partial charge on any atom is 0.306 e. The first kappa shape index (κ1) is 20.6. The number of hydrogen-bond acceptors (Lipinski definition) is 4. The van der Waals surface area contributed by atoms with Crippen molar-refractivity contribution in [3.8, 4) is 0 Å². The van der Waals surface area contributed by atoms with Crippen LogP contribution in [0, 0.1) is 0 Å². The lowest BCUT2D eigenvalue weighted by atomic mass is 10.1. The van der Waals surface area contributed by atoms with Crippen molar-refractivity contribution < 1.29 is 14.3 Å². The van der Waals surface area contributed by atoms with Crippen LogP contribution in [0.3, 0.4) is 0 Å². The normalized spacial score (nSPS) is 10.1. The van der Waals surface area contributed by atoms with Gasteiger partial charge in [0.05, 0.1) is 13.0 Å². The molecule has 5 nitrogen and oxygen atoms in total. The standard InChI is InChI=1S/C21H24N2O3S/c24-19(23-21(27)22-16-18-10-5-2-6-11-18)13-14-20(25)26-15-7-12-17-8-3-1-4-9-17/h1-6,8-11H,7,12-16H2,(H2,22,23,24,27). The van der Waals surface area contributed by atoms with Gasteiger partial charge in [-0.2, -0.15) is 0 Å². The summed E-state index contributed by atoms with van der Waals surface area (Å²) in [5.41, 5.74) is 2.28. The van der Waals surface area contributed by atoms with Gasteiger partial charge in [-0.15, -0.1) is 0 Å². The van der Waals surface area contributed by atoms with Gasteiger partial charge in [0.25, 0.3) is 0 Å². The molecule has 0 saturated carbocycles. The lowest BCUT2D eigenvalue weighted by molar-refractivity contribution is -0.145. The van der Waals surface area contributed by atoms with Gasteiger partial charge in [-0.05, 0) is 36.2 Å². The van der Waals surface area contributed by atoms with Crippen LogP contribution in [0.1, 0.15) is 30.4 Å². The largest absolute Gasteiger partial charge is 0.466 e. The summed E-state index contributed by atoms with van der Waals surface area (Å²) in [6.07, 6.45) is 1.70. The number of nitrogens with one attached hydrogen (secondary N) is 2. The van der Waals surface area contributed by atoms with Crippen LogP contribution in [0.4, 0.5) is 0 Å². The summed E-state index contributed by atoms with van der Waals surface area (Å²) in [7, 11) is 0. The molecule has 1 amide bonds. The summed E-state index contributed by atoms with van der Waals surface area (Å²) in [6, 6.07) is 19.8. The number of carbonyl (C=O) groups excluding carboxylic acids is 2. The zero-order valence-corrected chi connectivity index (χ0v) is 16.0. The third kappa shape index (κ3) is 8.96. The maximum atomic E-state index is 11.8. The van der Waals surface area contributed by atoms with Gasteiger partial charge >= 0.3 is 5.97 Å². The first-order chi connectivity index (χ1) is 13.1. The summed E-state index contributed by atoms with van der Waals surface area (Å²) in [4.78, 5) is 23.5. The van der Waals surface area contributed by atoms with E-state index in [0.717, 1.165) is 18.4 Å². The monoisotopic (exact) mass is 384 g/mol. The lowest BCUT2D eigenvalue weighted by Gasteiger charge is -2.09. The van der Waals surface area contributed by atoms with Gasteiger partial charge in [0, 0.05) is 13.0 Å². The molecule has 2 aromatic rings. The zero-order valence-electron chi connectivity index (χ0n) is 15.1. The molecule has 0 bridgehead atoms. The molecule has 0 spiro atoms. The fourth-order valence-corrected chi connectivity index (χ4v) is 2.59. The van der Waals surface area contributed by atoms with E-state index in [-0.39, 0.29) is 29.8 Å². The van der Waals surface area contributed by atoms with Crippen LogP contribution >= 0.6 is 12.2 Å². The number of esters is 1. The van der Waals surface area contributed by atoms with Crippen LogP contribution < -0.4 is 10.6 Å². The van der Waals surface area contributed by atoms with E-state index in [1.807, 2.05) is 60.7 Å². The van der Waals surface area contributed by atoms with Gasteiger partial charge in [-0.25, -0.2) is 0 Å². The van der Waals surface area contributed by atoms with Crippen LogP contribution in [0.25, 0.3) is 0 Å². The van der Waals surface area contributed by atoms with Crippen molar-refractivity contribution in [1.29, 1.82) is 0 Å². The number of thiocarbonyl (C=S) groups is 1. The van der Waals surface area contributed by atoms with E-state index >= 15 is 0 Å². The summed E-state index contributed by atoms with van der Waals surface area (Å²) in [5.74, 6) is -0.678. The number of carbonyl (C=O) groups is 2. The van der Waals surface area contributed by atoms with Gasteiger partial charge in [-0.1, -0.05) is 60.7 Å². The molecule has 0 atom stereocenters. The first-order valence-corrected chi connectivity index (χ1v) is 9.35. The van der Waals surface area contributed by atoms with E-state index in [0.29, 0.717) is 13.2 Å². The Bertz CT molecular complexity index is 736. The van der Waals surface area contributed by atoms with Crippen LogP contribution in [0.15, 0.2) is 60.7 Å². The molecule has 2 aromatic carbocycles. The second-order valence-electron chi connectivity index (χ2n) is 6.03. The summed E-state index contributed by atoms with van der Waals surface area (Å²) in [6.45, 7) is 0.885. The van der Waals surface area contributed by atoms with Crippen molar-refractivity contribution in [2.24, 2.45) is 0 Å². The summed E-state index contributed by atoms with van der Waals surface area (Å²) >= 11 is 5.08. The van der Waals surface area contributed by atoms with Gasteiger partial charge in [0.2, 0.25) is 5.91 Å². The third-order valence-corrected chi connectivity index (χ3v) is 4.07.